The summed E-state index contributed by atoms with van der Waals surface area (Å²) in [5, 5.41) is 12.5. The van der Waals surface area contributed by atoms with E-state index in [1.165, 1.54) is 0 Å². The second kappa shape index (κ2) is 4.49. The van der Waals surface area contributed by atoms with Crippen molar-refractivity contribution in [2.45, 2.75) is 44.1 Å². The minimum atomic E-state index is 0.103. The van der Waals surface area contributed by atoms with Gasteiger partial charge in [0.2, 0.25) is 5.16 Å². The Hall–Kier alpha value is -0.620. The fraction of sp³-hybridized carbons (Fsp3) is 0.889. The Morgan fingerprint density at radius 2 is 2.00 bits per heavy atom. The normalized spacial score (nSPS) is 16.4. The van der Waals surface area contributed by atoms with Crippen molar-refractivity contribution in [3.8, 4) is 0 Å². The van der Waals surface area contributed by atoms with Gasteiger partial charge in [0.25, 0.3) is 0 Å². The molecule has 1 aromatic rings. The van der Waals surface area contributed by atoms with Gasteiger partial charge in [0.15, 0.2) is 0 Å². The van der Waals surface area contributed by atoms with Gasteiger partial charge in [-0.3, -0.25) is 0 Å². The van der Waals surface area contributed by atoms with Crippen LogP contribution in [0.4, 0.5) is 0 Å². The summed E-state index contributed by atoms with van der Waals surface area (Å²) in [7, 11) is 1.84. The predicted octanol–water partition coefficient (Wildman–Crippen LogP) is 1.06. The van der Waals surface area contributed by atoms with Crippen molar-refractivity contribution in [3.63, 3.8) is 0 Å². The van der Waals surface area contributed by atoms with Gasteiger partial charge in [-0.05, 0) is 22.8 Å². The van der Waals surface area contributed by atoms with E-state index in [1.54, 1.807) is 16.4 Å². The number of aromatic nitrogens is 4. The summed E-state index contributed by atoms with van der Waals surface area (Å²) >= 11 is 1.64. The Morgan fingerprint density at radius 3 is 2.33 bits per heavy atom. The third-order valence-electron chi connectivity index (χ3n) is 2.14. The molecule has 2 atom stereocenters. The predicted molar refractivity (Wildman–Crippen MR) is 61.5 cm³/mol. The molecular formula is C9H19N5S. The van der Waals surface area contributed by atoms with Crippen LogP contribution in [0, 0.1) is 5.41 Å². The fourth-order valence-corrected chi connectivity index (χ4v) is 2.58. The van der Waals surface area contributed by atoms with Gasteiger partial charge in [-0.15, -0.1) is 5.10 Å². The first-order valence-corrected chi connectivity index (χ1v) is 5.85. The average molecular weight is 229 g/mol. The first-order valence-electron chi connectivity index (χ1n) is 4.97. The zero-order valence-electron chi connectivity index (χ0n) is 9.93. The monoisotopic (exact) mass is 229 g/mol. The van der Waals surface area contributed by atoms with E-state index in [1.807, 2.05) is 14.0 Å². The third-order valence-corrected chi connectivity index (χ3v) is 4.09. The van der Waals surface area contributed by atoms with Gasteiger partial charge in [0, 0.05) is 18.3 Å². The number of rotatable bonds is 3. The van der Waals surface area contributed by atoms with E-state index in [-0.39, 0.29) is 11.5 Å². The van der Waals surface area contributed by atoms with Gasteiger partial charge in [0.05, 0.1) is 0 Å². The summed E-state index contributed by atoms with van der Waals surface area (Å²) < 4.78 is 1.67. The summed E-state index contributed by atoms with van der Waals surface area (Å²) in [5.41, 5.74) is 6.12. The van der Waals surface area contributed by atoms with Crippen molar-refractivity contribution in [2.75, 3.05) is 0 Å². The van der Waals surface area contributed by atoms with Crippen molar-refractivity contribution < 1.29 is 0 Å². The molecule has 0 aliphatic rings. The Morgan fingerprint density at radius 1 is 1.40 bits per heavy atom. The summed E-state index contributed by atoms with van der Waals surface area (Å²) in [6, 6.07) is 0.103. The molecule has 0 radical (unpaired) electrons. The second-order valence-corrected chi connectivity index (χ2v) is 5.96. The van der Waals surface area contributed by atoms with Crippen LogP contribution in [0.5, 0.6) is 0 Å². The van der Waals surface area contributed by atoms with Crippen LogP contribution in [0.3, 0.4) is 0 Å². The molecule has 0 saturated heterocycles. The lowest BCUT2D eigenvalue weighted by Gasteiger charge is -2.32. The van der Waals surface area contributed by atoms with Gasteiger partial charge in [-0.2, -0.15) is 0 Å². The lowest BCUT2D eigenvalue weighted by Crippen LogP contribution is -2.39. The molecule has 0 aliphatic heterocycles. The highest BCUT2D eigenvalue weighted by molar-refractivity contribution is 7.99. The molecule has 1 aromatic heterocycles. The van der Waals surface area contributed by atoms with Gasteiger partial charge >= 0.3 is 0 Å². The summed E-state index contributed by atoms with van der Waals surface area (Å²) in [5.74, 6) is 0. The maximum atomic E-state index is 5.99. The molecule has 15 heavy (non-hydrogen) atoms. The van der Waals surface area contributed by atoms with Crippen LogP contribution in [-0.4, -0.2) is 31.5 Å². The standard InChI is InChI=1S/C9H19N5S/c1-6(10)7(9(2,3)4)15-8-11-12-13-14(8)5/h6-7H,10H2,1-5H3. The Kier molecular flexibility index (Phi) is 3.72. The zero-order valence-corrected chi connectivity index (χ0v) is 10.7. The van der Waals surface area contributed by atoms with Crippen LogP contribution >= 0.6 is 11.8 Å². The Bertz CT molecular complexity index is 315. The quantitative estimate of drug-likeness (QED) is 0.785. The lowest BCUT2D eigenvalue weighted by molar-refractivity contribution is 0.362. The van der Waals surface area contributed by atoms with E-state index in [0.717, 1.165) is 5.16 Å². The Labute approximate surface area is 94.8 Å². The van der Waals surface area contributed by atoms with Crippen LogP contribution in [0.1, 0.15) is 27.7 Å². The topological polar surface area (TPSA) is 69.6 Å². The molecule has 0 fully saturated rings. The number of tetrazole rings is 1. The SMILES string of the molecule is CC(N)C(Sc1nnnn1C)C(C)(C)C. The lowest BCUT2D eigenvalue weighted by atomic mass is 9.88. The number of nitrogens with two attached hydrogens (primary N) is 1. The number of hydrogen-bond acceptors (Lipinski definition) is 5. The van der Waals surface area contributed by atoms with Crippen molar-refractivity contribution in [1.29, 1.82) is 0 Å². The summed E-state index contributed by atoms with van der Waals surface area (Å²) in [6.07, 6.45) is 0. The molecular weight excluding hydrogens is 210 g/mol. The molecule has 0 saturated carbocycles. The van der Waals surface area contributed by atoms with E-state index in [9.17, 15) is 0 Å². The molecule has 2 unspecified atom stereocenters. The highest BCUT2D eigenvalue weighted by atomic mass is 32.2. The number of nitrogens with zero attached hydrogens (tertiary/aromatic N) is 4. The minimum Gasteiger partial charge on any atom is -0.327 e. The largest absolute Gasteiger partial charge is 0.327 e. The number of aryl methyl sites for hydroxylation is 1. The average Bonchev–Trinajstić information content (AvgIpc) is 2.44. The first-order chi connectivity index (χ1) is 6.82. The molecule has 1 rings (SSSR count). The van der Waals surface area contributed by atoms with Crippen molar-refractivity contribution in [3.05, 3.63) is 0 Å². The van der Waals surface area contributed by atoms with E-state index in [4.69, 9.17) is 5.73 Å². The minimum absolute atomic E-state index is 0.103. The molecule has 0 aromatic carbocycles. The van der Waals surface area contributed by atoms with Crippen LogP contribution in [-0.2, 0) is 7.05 Å². The van der Waals surface area contributed by atoms with E-state index >= 15 is 0 Å². The first kappa shape index (κ1) is 12.4. The molecule has 5 nitrogen and oxygen atoms in total. The van der Waals surface area contributed by atoms with Gasteiger partial charge < -0.3 is 5.73 Å². The van der Waals surface area contributed by atoms with Crippen LogP contribution < -0.4 is 5.73 Å². The van der Waals surface area contributed by atoms with Gasteiger partial charge in [-0.25, -0.2) is 4.68 Å². The Balaban J connectivity index is 2.81. The number of hydrogen-bond donors (Lipinski definition) is 1. The second-order valence-electron chi connectivity index (χ2n) is 4.85. The molecule has 1 heterocycles. The zero-order chi connectivity index (χ0) is 11.6. The van der Waals surface area contributed by atoms with Crippen molar-refractivity contribution in [1.82, 2.24) is 20.2 Å². The third kappa shape index (κ3) is 3.17. The van der Waals surface area contributed by atoms with Crippen molar-refractivity contribution >= 4 is 11.8 Å². The van der Waals surface area contributed by atoms with E-state index in [2.05, 4.69) is 36.3 Å². The molecule has 86 valence electrons. The van der Waals surface area contributed by atoms with Crippen molar-refractivity contribution in [2.24, 2.45) is 18.2 Å². The van der Waals surface area contributed by atoms with E-state index < -0.39 is 0 Å². The molecule has 6 heteroatoms. The maximum Gasteiger partial charge on any atom is 0.209 e. The van der Waals surface area contributed by atoms with Crippen LogP contribution in [0.25, 0.3) is 0 Å². The number of thioether (sulfide) groups is 1. The maximum absolute atomic E-state index is 5.99. The summed E-state index contributed by atoms with van der Waals surface area (Å²) in [6.45, 7) is 8.56. The van der Waals surface area contributed by atoms with Gasteiger partial charge in [0.1, 0.15) is 0 Å². The fourth-order valence-electron chi connectivity index (χ4n) is 1.51. The molecule has 0 amide bonds. The van der Waals surface area contributed by atoms with Gasteiger partial charge in [-0.1, -0.05) is 32.5 Å². The molecule has 0 aliphatic carbocycles. The highest BCUT2D eigenvalue weighted by Gasteiger charge is 2.30. The van der Waals surface area contributed by atoms with Crippen LogP contribution in [0.2, 0.25) is 0 Å². The van der Waals surface area contributed by atoms with E-state index in [0.29, 0.717) is 5.25 Å². The molecule has 2 N–H and O–H groups in total. The highest BCUT2D eigenvalue weighted by Crippen LogP contribution is 2.35. The molecule has 0 bridgehead atoms. The molecule has 0 spiro atoms. The smallest absolute Gasteiger partial charge is 0.209 e. The van der Waals surface area contributed by atoms with Crippen LogP contribution in [0.15, 0.2) is 5.16 Å². The summed E-state index contributed by atoms with van der Waals surface area (Å²) in [4.78, 5) is 0.